The molecule has 3 nitrogen and oxygen atoms in total. The van der Waals surface area contributed by atoms with Crippen LogP contribution in [-0.2, 0) is 20.8 Å². The van der Waals surface area contributed by atoms with Crippen LogP contribution in [0.3, 0.4) is 0 Å². The van der Waals surface area contributed by atoms with Crippen LogP contribution in [0.15, 0.2) is 24.3 Å². The van der Waals surface area contributed by atoms with Crippen LogP contribution in [0.5, 0.6) is 0 Å². The average molecular weight is 242 g/mol. The number of hydrogen-bond donors (Lipinski definition) is 0. The minimum atomic E-state index is -0.378. The molecule has 0 fully saturated rings. The lowest BCUT2D eigenvalue weighted by Gasteiger charge is -2.16. The van der Waals surface area contributed by atoms with Crippen molar-refractivity contribution in [2.45, 2.75) is 26.7 Å². The number of rotatable bonds is 8. The van der Waals surface area contributed by atoms with Gasteiger partial charge in [-0.2, -0.15) is 0 Å². The molecule has 0 spiro atoms. The van der Waals surface area contributed by atoms with Gasteiger partial charge in [0.15, 0.2) is 6.29 Å². The summed E-state index contributed by atoms with van der Waals surface area (Å²) in [7, 11) is 0. The number of benzene rings is 1. The van der Waals surface area contributed by atoms with E-state index in [1.165, 1.54) is 6.07 Å². The van der Waals surface area contributed by atoms with Crippen LogP contribution in [0.1, 0.15) is 19.4 Å². The van der Waals surface area contributed by atoms with Gasteiger partial charge in [-0.25, -0.2) is 4.39 Å². The second kappa shape index (κ2) is 8.17. The van der Waals surface area contributed by atoms with Gasteiger partial charge in [-0.05, 0) is 19.9 Å². The summed E-state index contributed by atoms with van der Waals surface area (Å²) in [5, 5.41) is 0. The van der Waals surface area contributed by atoms with Crippen LogP contribution in [0, 0.1) is 5.82 Å². The van der Waals surface area contributed by atoms with E-state index in [0.29, 0.717) is 25.4 Å². The van der Waals surface area contributed by atoms with Crippen molar-refractivity contribution in [1.82, 2.24) is 0 Å². The van der Waals surface area contributed by atoms with Crippen molar-refractivity contribution in [1.29, 1.82) is 0 Å². The molecule has 0 aliphatic heterocycles. The summed E-state index contributed by atoms with van der Waals surface area (Å²) >= 11 is 0. The standard InChI is InChI=1S/C13H19FO3/c1-3-16-13(17-4-2)10-15-9-11-7-5-6-8-12(11)14/h5-8,13H,3-4,9-10H2,1-2H3. The van der Waals surface area contributed by atoms with Crippen LogP contribution in [-0.4, -0.2) is 26.1 Å². The van der Waals surface area contributed by atoms with Gasteiger partial charge in [0.25, 0.3) is 0 Å². The van der Waals surface area contributed by atoms with Crippen LogP contribution < -0.4 is 0 Å². The Hall–Kier alpha value is -0.970. The molecule has 0 bridgehead atoms. The number of ether oxygens (including phenoxy) is 3. The summed E-state index contributed by atoms with van der Waals surface area (Å²) in [6, 6.07) is 6.55. The summed E-state index contributed by atoms with van der Waals surface area (Å²) in [5.74, 6) is -0.253. The van der Waals surface area contributed by atoms with E-state index in [9.17, 15) is 4.39 Å². The quantitative estimate of drug-likeness (QED) is 0.656. The predicted octanol–water partition coefficient (Wildman–Crippen LogP) is 2.74. The third kappa shape index (κ3) is 5.26. The van der Waals surface area contributed by atoms with E-state index in [-0.39, 0.29) is 18.7 Å². The third-order valence-electron chi connectivity index (χ3n) is 2.17. The minimum Gasteiger partial charge on any atom is -0.371 e. The van der Waals surface area contributed by atoms with E-state index >= 15 is 0 Å². The van der Waals surface area contributed by atoms with Gasteiger partial charge in [-0.15, -0.1) is 0 Å². The molecule has 0 saturated carbocycles. The highest BCUT2D eigenvalue weighted by Gasteiger charge is 2.08. The van der Waals surface area contributed by atoms with E-state index in [0.717, 1.165) is 0 Å². The summed E-state index contributed by atoms with van der Waals surface area (Å²) in [4.78, 5) is 0. The molecule has 0 aromatic heterocycles. The molecule has 17 heavy (non-hydrogen) atoms. The van der Waals surface area contributed by atoms with Crippen molar-refractivity contribution >= 4 is 0 Å². The maximum Gasteiger partial charge on any atom is 0.180 e. The summed E-state index contributed by atoms with van der Waals surface area (Å²) in [6.45, 7) is 5.44. The Bertz CT molecular complexity index is 311. The number of hydrogen-bond acceptors (Lipinski definition) is 3. The SMILES string of the molecule is CCOC(COCc1ccccc1F)OCC. The molecule has 0 saturated heterocycles. The molecule has 0 N–H and O–H groups in total. The van der Waals surface area contributed by atoms with Gasteiger partial charge in [-0.3, -0.25) is 0 Å². The highest BCUT2D eigenvalue weighted by Crippen LogP contribution is 2.08. The molecule has 0 radical (unpaired) electrons. The lowest BCUT2D eigenvalue weighted by Crippen LogP contribution is -2.23. The van der Waals surface area contributed by atoms with E-state index < -0.39 is 0 Å². The van der Waals surface area contributed by atoms with Crippen molar-refractivity contribution in [3.05, 3.63) is 35.6 Å². The van der Waals surface area contributed by atoms with Gasteiger partial charge in [0, 0.05) is 18.8 Å². The Kier molecular flexibility index (Phi) is 6.77. The molecule has 4 heteroatoms. The fourth-order valence-corrected chi connectivity index (χ4v) is 1.40. The van der Waals surface area contributed by atoms with Crippen LogP contribution in [0.2, 0.25) is 0 Å². The first-order valence-corrected chi connectivity index (χ1v) is 5.82. The van der Waals surface area contributed by atoms with Crippen molar-refractivity contribution in [2.24, 2.45) is 0 Å². The van der Waals surface area contributed by atoms with E-state index in [2.05, 4.69) is 0 Å². The Morgan fingerprint density at radius 1 is 1.12 bits per heavy atom. The summed E-state index contributed by atoms with van der Waals surface area (Å²) in [5.41, 5.74) is 0.541. The molecular weight excluding hydrogens is 223 g/mol. The second-order valence-electron chi connectivity index (χ2n) is 3.45. The van der Waals surface area contributed by atoms with Crippen LogP contribution in [0.4, 0.5) is 4.39 Å². The fourth-order valence-electron chi connectivity index (χ4n) is 1.40. The molecule has 0 aliphatic carbocycles. The average Bonchev–Trinajstić information content (AvgIpc) is 2.32. The van der Waals surface area contributed by atoms with Gasteiger partial charge < -0.3 is 14.2 Å². The molecule has 0 atom stereocenters. The van der Waals surface area contributed by atoms with Crippen molar-refractivity contribution in [2.75, 3.05) is 19.8 Å². The van der Waals surface area contributed by atoms with Gasteiger partial charge in [0.2, 0.25) is 0 Å². The smallest absolute Gasteiger partial charge is 0.180 e. The Morgan fingerprint density at radius 2 is 1.76 bits per heavy atom. The maximum absolute atomic E-state index is 13.3. The van der Waals surface area contributed by atoms with E-state index in [1.807, 2.05) is 13.8 Å². The van der Waals surface area contributed by atoms with Gasteiger partial charge in [0.05, 0.1) is 13.2 Å². The topological polar surface area (TPSA) is 27.7 Å². The lowest BCUT2D eigenvalue weighted by molar-refractivity contribution is -0.169. The Balaban J connectivity index is 2.33. The van der Waals surface area contributed by atoms with Crippen molar-refractivity contribution in [3.8, 4) is 0 Å². The molecule has 0 unspecified atom stereocenters. The third-order valence-corrected chi connectivity index (χ3v) is 2.17. The molecule has 96 valence electrons. The molecular formula is C13H19FO3. The van der Waals surface area contributed by atoms with Crippen LogP contribution >= 0.6 is 0 Å². The highest BCUT2D eigenvalue weighted by molar-refractivity contribution is 5.16. The first kappa shape index (κ1) is 14.1. The monoisotopic (exact) mass is 242 g/mol. The van der Waals surface area contributed by atoms with Crippen molar-refractivity contribution < 1.29 is 18.6 Å². The Morgan fingerprint density at radius 3 is 2.35 bits per heavy atom. The highest BCUT2D eigenvalue weighted by atomic mass is 19.1. The van der Waals surface area contributed by atoms with Gasteiger partial charge in [0.1, 0.15) is 5.82 Å². The zero-order chi connectivity index (χ0) is 12.5. The number of halogens is 1. The first-order chi connectivity index (χ1) is 8.27. The van der Waals surface area contributed by atoms with Crippen molar-refractivity contribution in [3.63, 3.8) is 0 Å². The maximum atomic E-state index is 13.3. The molecule has 0 amide bonds. The zero-order valence-corrected chi connectivity index (χ0v) is 10.3. The normalized spacial score (nSPS) is 11.1. The minimum absolute atomic E-state index is 0.226. The van der Waals surface area contributed by atoms with E-state index in [4.69, 9.17) is 14.2 Å². The summed E-state index contributed by atoms with van der Waals surface area (Å²) in [6.07, 6.45) is -0.378. The largest absolute Gasteiger partial charge is 0.371 e. The summed E-state index contributed by atoms with van der Waals surface area (Å²) < 4.78 is 29.3. The molecule has 0 heterocycles. The zero-order valence-electron chi connectivity index (χ0n) is 10.3. The predicted molar refractivity (Wildman–Crippen MR) is 63.1 cm³/mol. The Labute approximate surface area is 101 Å². The molecule has 1 rings (SSSR count). The first-order valence-electron chi connectivity index (χ1n) is 5.82. The molecule has 0 aliphatic rings. The van der Waals surface area contributed by atoms with Gasteiger partial charge >= 0.3 is 0 Å². The lowest BCUT2D eigenvalue weighted by atomic mass is 10.2. The second-order valence-corrected chi connectivity index (χ2v) is 3.45. The molecule has 1 aromatic rings. The fraction of sp³-hybridized carbons (Fsp3) is 0.538. The van der Waals surface area contributed by atoms with E-state index in [1.54, 1.807) is 18.2 Å². The molecule has 1 aromatic carbocycles. The van der Waals surface area contributed by atoms with Crippen LogP contribution in [0.25, 0.3) is 0 Å². The van der Waals surface area contributed by atoms with Gasteiger partial charge in [-0.1, -0.05) is 18.2 Å².